The molecule has 0 saturated heterocycles. The molecule has 2 amide bonds. The largest absolute Gasteiger partial charge is 0.489 e. The number of aromatic nitrogens is 2. The minimum absolute atomic E-state index is 0.0272. The van der Waals surface area contributed by atoms with E-state index < -0.39 is 52.9 Å². The van der Waals surface area contributed by atoms with Gasteiger partial charge < -0.3 is 25.9 Å². The fourth-order valence-electron chi connectivity index (χ4n) is 4.52. The number of aromatic amines is 1. The average molecular weight is 595 g/mol. The zero-order valence-electron chi connectivity index (χ0n) is 21.0. The average Bonchev–Trinajstić information content (AvgIpc) is 3.49. The summed E-state index contributed by atoms with van der Waals surface area (Å²) < 4.78 is 76.9. The van der Waals surface area contributed by atoms with Gasteiger partial charge in [0.2, 0.25) is 11.5 Å². The van der Waals surface area contributed by atoms with Crippen molar-refractivity contribution < 1.29 is 41.4 Å². The molecule has 1 aliphatic rings. The van der Waals surface area contributed by atoms with Crippen LogP contribution in [-0.2, 0) is 15.8 Å². The van der Waals surface area contributed by atoms with Gasteiger partial charge >= 0.3 is 6.18 Å². The van der Waals surface area contributed by atoms with Crippen LogP contribution in [0.15, 0.2) is 48.5 Å². The Morgan fingerprint density at radius 3 is 2.49 bits per heavy atom. The zero-order chi connectivity index (χ0) is 29.9. The number of aliphatic hydroxyl groups is 1. The highest BCUT2D eigenvalue weighted by molar-refractivity contribution is 6.31. The molecule has 214 valence electrons. The summed E-state index contributed by atoms with van der Waals surface area (Å²) in [7, 11) is 0. The molecule has 5 N–H and O–H groups in total. The van der Waals surface area contributed by atoms with Crippen molar-refractivity contribution in [3.05, 3.63) is 82.1 Å². The summed E-state index contributed by atoms with van der Waals surface area (Å²) in [6.45, 7) is -0.384. The number of pyridine rings is 1. The maximum atomic E-state index is 14.5. The number of nitrogens with one attached hydrogen (secondary N) is 2. The van der Waals surface area contributed by atoms with Gasteiger partial charge in [-0.1, -0.05) is 11.6 Å². The number of ether oxygens (including phenoxy) is 1. The lowest BCUT2D eigenvalue weighted by Gasteiger charge is -2.31. The predicted molar refractivity (Wildman–Crippen MR) is 137 cm³/mol. The van der Waals surface area contributed by atoms with E-state index in [1.54, 1.807) is 0 Å². The Kier molecular flexibility index (Phi) is 6.70. The van der Waals surface area contributed by atoms with Crippen molar-refractivity contribution in [3.8, 4) is 17.0 Å². The quantitative estimate of drug-likeness (QED) is 0.245. The topological polar surface area (TPSA) is 130 Å². The Morgan fingerprint density at radius 1 is 1.17 bits per heavy atom. The number of rotatable bonds is 6. The number of hydrogen-bond donors (Lipinski definition) is 4. The van der Waals surface area contributed by atoms with Crippen molar-refractivity contribution in [2.24, 2.45) is 5.73 Å². The molecule has 0 saturated carbocycles. The van der Waals surface area contributed by atoms with Crippen molar-refractivity contribution in [2.75, 3.05) is 13.2 Å². The van der Waals surface area contributed by atoms with Crippen LogP contribution in [0.2, 0.25) is 5.02 Å². The summed E-state index contributed by atoms with van der Waals surface area (Å²) in [6.07, 6.45) is -5.40. The van der Waals surface area contributed by atoms with Gasteiger partial charge in [0.05, 0.1) is 17.8 Å². The molecule has 1 aliphatic heterocycles. The Balaban J connectivity index is 1.58. The van der Waals surface area contributed by atoms with Gasteiger partial charge in [0.25, 0.3) is 5.91 Å². The number of H-pyrrole nitrogens is 1. The molecule has 3 heterocycles. The molecular formula is C27H20ClF5N4O4. The number of fused-ring (bicyclic) bond motifs is 2. The minimum Gasteiger partial charge on any atom is -0.489 e. The van der Waals surface area contributed by atoms with Crippen LogP contribution >= 0.6 is 11.6 Å². The van der Waals surface area contributed by atoms with Gasteiger partial charge in [-0.25, -0.2) is 13.8 Å². The minimum atomic E-state index is -5.40. The number of nitrogens with two attached hydrogens (primary N) is 1. The molecule has 5 rings (SSSR count). The number of amides is 2. The molecule has 0 fully saturated rings. The monoisotopic (exact) mass is 594 g/mol. The molecule has 0 radical (unpaired) electrons. The van der Waals surface area contributed by atoms with E-state index in [4.69, 9.17) is 22.1 Å². The molecule has 0 bridgehead atoms. The number of halogens is 6. The summed E-state index contributed by atoms with van der Waals surface area (Å²) >= 11 is 5.81. The first kappa shape index (κ1) is 28.3. The van der Waals surface area contributed by atoms with Crippen LogP contribution < -0.4 is 15.8 Å². The second-order valence-electron chi connectivity index (χ2n) is 9.80. The summed E-state index contributed by atoms with van der Waals surface area (Å²) in [5.74, 6) is -3.45. The van der Waals surface area contributed by atoms with E-state index in [0.717, 1.165) is 30.3 Å². The summed E-state index contributed by atoms with van der Waals surface area (Å²) in [5.41, 5.74) is -1.13. The first-order valence-electron chi connectivity index (χ1n) is 11.9. The second-order valence-corrected chi connectivity index (χ2v) is 10.2. The third kappa shape index (κ3) is 4.74. The van der Waals surface area contributed by atoms with Crippen LogP contribution in [0.3, 0.4) is 0 Å². The number of nitrogens with zero attached hydrogens (tertiary/aromatic N) is 1. The molecule has 0 spiro atoms. The lowest BCUT2D eigenvalue weighted by molar-refractivity contribution is -0.265. The maximum Gasteiger partial charge on any atom is 0.424 e. The van der Waals surface area contributed by atoms with E-state index in [0.29, 0.717) is 0 Å². The highest BCUT2D eigenvalue weighted by Gasteiger charge is 2.57. The Morgan fingerprint density at radius 2 is 1.85 bits per heavy atom. The van der Waals surface area contributed by atoms with Gasteiger partial charge in [0, 0.05) is 21.5 Å². The number of alkyl halides is 3. The third-order valence-corrected chi connectivity index (χ3v) is 7.25. The molecule has 0 aliphatic carbocycles. The van der Waals surface area contributed by atoms with Crippen molar-refractivity contribution in [3.63, 3.8) is 0 Å². The van der Waals surface area contributed by atoms with E-state index in [1.807, 2.05) is 5.32 Å². The van der Waals surface area contributed by atoms with Crippen molar-refractivity contribution >= 4 is 34.3 Å². The van der Waals surface area contributed by atoms with Gasteiger partial charge in [0.1, 0.15) is 40.8 Å². The predicted octanol–water partition coefficient (Wildman–Crippen LogP) is 4.48. The zero-order valence-corrected chi connectivity index (χ0v) is 21.8. The first-order chi connectivity index (χ1) is 19.1. The van der Waals surface area contributed by atoms with E-state index in [-0.39, 0.29) is 50.8 Å². The number of primary amides is 1. The van der Waals surface area contributed by atoms with Crippen LogP contribution in [0.4, 0.5) is 22.0 Å². The fourth-order valence-corrected chi connectivity index (χ4v) is 4.73. The van der Waals surface area contributed by atoms with Gasteiger partial charge in [-0.3, -0.25) is 9.59 Å². The summed E-state index contributed by atoms with van der Waals surface area (Å²) in [4.78, 5) is 31.7. The molecule has 41 heavy (non-hydrogen) atoms. The van der Waals surface area contributed by atoms with E-state index in [1.165, 1.54) is 25.1 Å². The van der Waals surface area contributed by atoms with E-state index >= 15 is 0 Å². The lowest BCUT2D eigenvalue weighted by atomic mass is 9.81. The van der Waals surface area contributed by atoms with Crippen LogP contribution in [0.5, 0.6) is 5.75 Å². The molecule has 2 atom stereocenters. The van der Waals surface area contributed by atoms with E-state index in [2.05, 4.69) is 9.97 Å². The van der Waals surface area contributed by atoms with Crippen LogP contribution in [-0.4, -0.2) is 46.2 Å². The number of benzene rings is 2. The Hall–Kier alpha value is -4.23. The van der Waals surface area contributed by atoms with Gasteiger partial charge in [0.15, 0.2) is 0 Å². The van der Waals surface area contributed by atoms with Crippen LogP contribution in [0, 0.1) is 11.6 Å². The SMILES string of the molecule is C[C@]1(C(N)=O)COc2c1cc([C@@](O)(CNC(=O)c1cc3c(F)cc(Cl)cc3[nH]1)C(F)(F)F)nc2-c1ccc(F)cc1. The molecule has 2 aromatic heterocycles. The standard InChI is InChI=1S/C27H20ClF5N4O4/c1-25(24(34)39)11-41-22-16(25)9-20(37-21(22)12-2-4-14(29)5-3-12)26(40,27(31,32)33)10-35-23(38)19-8-15-17(30)6-13(28)7-18(15)36-19/h2-9,36,40H,10-11H2,1H3,(H2,34,39)(H,35,38)/t25-,26-/m0/s1. The summed E-state index contributed by atoms with van der Waals surface area (Å²) in [5, 5.41) is 13.1. The third-order valence-electron chi connectivity index (χ3n) is 7.03. The van der Waals surface area contributed by atoms with Crippen molar-refractivity contribution in [1.82, 2.24) is 15.3 Å². The van der Waals surface area contributed by atoms with Crippen molar-refractivity contribution in [2.45, 2.75) is 24.1 Å². The Bertz CT molecular complexity index is 1710. The smallest absolute Gasteiger partial charge is 0.424 e. The number of carbonyl (C=O) groups excluding carboxylic acids is 2. The van der Waals surface area contributed by atoms with Gasteiger partial charge in [-0.2, -0.15) is 13.2 Å². The normalized spacial score (nSPS) is 18.0. The van der Waals surface area contributed by atoms with E-state index in [9.17, 15) is 36.6 Å². The van der Waals surface area contributed by atoms with Crippen LogP contribution in [0.1, 0.15) is 28.7 Å². The number of hydrogen-bond acceptors (Lipinski definition) is 5. The lowest BCUT2D eigenvalue weighted by Crippen LogP contribution is -2.52. The van der Waals surface area contributed by atoms with Crippen LogP contribution in [0.25, 0.3) is 22.2 Å². The molecule has 8 nitrogen and oxygen atoms in total. The van der Waals surface area contributed by atoms with Crippen molar-refractivity contribution in [1.29, 1.82) is 0 Å². The number of carbonyl (C=O) groups is 2. The molecule has 4 aromatic rings. The molecule has 14 heteroatoms. The molecule has 2 aromatic carbocycles. The highest BCUT2D eigenvalue weighted by Crippen LogP contribution is 2.47. The van der Waals surface area contributed by atoms with Gasteiger partial charge in [-0.15, -0.1) is 0 Å². The summed E-state index contributed by atoms with van der Waals surface area (Å²) in [6, 6.07) is 8.83. The first-order valence-corrected chi connectivity index (χ1v) is 12.3. The molecule has 0 unspecified atom stereocenters. The highest BCUT2D eigenvalue weighted by atomic mass is 35.5. The van der Waals surface area contributed by atoms with Gasteiger partial charge in [-0.05, 0) is 55.5 Å². The maximum absolute atomic E-state index is 14.5. The second kappa shape index (κ2) is 9.70. The Labute approximate surface area is 233 Å². The molecular weight excluding hydrogens is 575 g/mol. The fraction of sp³-hybridized carbons (Fsp3) is 0.222.